The van der Waals surface area contributed by atoms with E-state index in [1.54, 1.807) is 0 Å². The van der Waals surface area contributed by atoms with Gasteiger partial charge in [-0.05, 0) is 44.4 Å². The molecule has 1 N–H and O–H groups in total. The zero-order valence-electron chi connectivity index (χ0n) is 24.6. The van der Waals surface area contributed by atoms with Gasteiger partial charge in [-0.2, -0.15) is 5.26 Å². The molecule has 198 valence electrons. The number of nitriles is 1. The molecule has 0 bridgehead atoms. The Morgan fingerprint density at radius 3 is 2.03 bits per heavy atom. The van der Waals surface area contributed by atoms with Crippen molar-refractivity contribution in [3.63, 3.8) is 0 Å². The number of amides is 1. The van der Waals surface area contributed by atoms with Crippen molar-refractivity contribution in [3.8, 4) is 6.07 Å². The summed E-state index contributed by atoms with van der Waals surface area (Å²) in [6.45, 7) is 23.5. The first kappa shape index (κ1) is 27.2. The molecule has 0 aromatic rings. The Morgan fingerprint density at radius 1 is 0.838 bits per heavy atom. The van der Waals surface area contributed by atoms with Crippen LogP contribution in [0.15, 0.2) is 49.3 Å². The van der Waals surface area contributed by atoms with Crippen molar-refractivity contribution >= 4 is 23.0 Å². The highest BCUT2D eigenvalue weighted by Crippen LogP contribution is 2.48. The minimum Gasteiger partial charge on any atom is -0.329 e. The smallest absolute Gasteiger partial charge is 0.225 e. The Kier molecular flexibility index (Phi) is 6.14. The summed E-state index contributed by atoms with van der Waals surface area (Å²) in [5.74, 6) is 0.0792. The van der Waals surface area contributed by atoms with Crippen molar-refractivity contribution in [2.24, 2.45) is 36.6 Å². The first-order valence-corrected chi connectivity index (χ1v) is 13.4. The highest BCUT2D eigenvalue weighted by molar-refractivity contribution is 6.07. The zero-order valence-corrected chi connectivity index (χ0v) is 24.6. The molecule has 0 aliphatic carbocycles. The van der Waals surface area contributed by atoms with Gasteiger partial charge in [-0.25, -0.2) is 0 Å². The molecule has 1 unspecified atom stereocenters. The average molecular weight is 502 g/mol. The van der Waals surface area contributed by atoms with Crippen LogP contribution >= 0.6 is 0 Å². The van der Waals surface area contributed by atoms with E-state index in [9.17, 15) is 10.1 Å². The third-order valence-electron chi connectivity index (χ3n) is 9.02. The molecule has 0 radical (unpaired) electrons. The van der Waals surface area contributed by atoms with E-state index in [4.69, 9.17) is 15.0 Å². The van der Waals surface area contributed by atoms with Crippen molar-refractivity contribution in [2.75, 3.05) is 0 Å². The molecule has 6 nitrogen and oxygen atoms in total. The predicted molar refractivity (Wildman–Crippen MR) is 152 cm³/mol. The van der Waals surface area contributed by atoms with Crippen LogP contribution in [0.1, 0.15) is 102 Å². The Hall–Kier alpha value is -2.81. The van der Waals surface area contributed by atoms with Crippen LogP contribution in [-0.2, 0) is 4.79 Å². The van der Waals surface area contributed by atoms with Gasteiger partial charge >= 0.3 is 0 Å². The summed E-state index contributed by atoms with van der Waals surface area (Å²) in [6, 6.07) is 2.44. The van der Waals surface area contributed by atoms with E-state index in [0.29, 0.717) is 6.42 Å². The first-order chi connectivity index (χ1) is 16.8. The molecule has 4 rings (SSSR count). The largest absolute Gasteiger partial charge is 0.329 e. The summed E-state index contributed by atoms with van der Waals surface area (Å²) < 4.78 is 0. The third kappa shape index (κ3) is 4.56. The van der Waals surface area contributed by atoms with Crippen molar-refractivity contribution in [1.82, 2.24) is 5.32 Å². The molecule has 0 aromatic carbocycles. The lowest BCUT2D eigenvalue weighted by Gasteiger charge is -2.29. The quantitative estimate of drug-likeness (QED) is 0.458. The lowest BCUT2D eigenvalue weighted by atomic mass is 9.73. The number of rotatable bonds is 3. The van der Waals surface area contributed by atoms with Gasteiger partial charge in [0, 0.05) is 69.5 Å². The minimum atomic E-state index is -0.722. The zero-order chi connectivity index (χ0) is 27.8. The molecule has 1 saturated heterocycles. The fraction of sp³-hybridized carbons (Fsp3) is 0.645. The van der Waals surface area contributed by atoms with Gasteiger partial charge in [-0.3, -0.25) is 19.8 Å². The molecular weight excluding hydrogens is 458 g/mol. The number of allylic oxidation sites excluding steroid dienone is 6. The summed E-state index contributed by atoms with van der Waals surface area (Å²) in [5.41, 5.74) is 6.98. The van der Waals surface area contributed by atoms with Gasteiger partial charge < -0.3 is 5.32 Å². The molecule has 4 heterocycles. The maximum absolute atomic E-state index is 12.1. The number of carbonyl (C=O) groups excluding carboxylic acids is 1. The van der Waals surface area contributed by atoms with E-state index >= 15 is 0 Å². The van der Waals surface area contributed by atoms with Crippen LogP contribution in [0.2, 0.25) is 0 Å². The van der Waals surface area contributed by atoms with Gasteiger partial charge in [0.15, 0.2) is 0 Å². The van der Waals surface area contributed by atoms with Crippen LogP contribution < -0.4 is 5.32 Å². The molecule has 1 amide bonds. The SMILES string of the molecule is C/C(C1=NC(C)(C#N)C(C)(C)C1)=C1N=C(/C=C2N=C(/C(C)=C3/NC(=O)CC3(C)C)CC/2(C)C)CC/1(C)C. The van der Waals surface area contributed by atoms with E-state index in [-0.39, 0.29) is 27.6 Å². The van der Waals surface area contributed by atoms with Crippen molar-refractivity contribution in [3.05, 3.63) is 34.3 Å². The second-order valence-corrected chi connectivity index (χ2v) is 14.2. The minimum absolute atomic E-state index is 0.0792. The van der Waals surface area contributed by atoms with Crippen molar-refractivity contribution < 1.29 is 4.79 Å². The lowest BCUT2D eigenvalue weighted by molar-refractivity contribution is -0.119. The maximum atomic E-state index is 12.1. The predicted octanol–water partition coefficient (Wildman–Crippen LogP) is 6.86. The number of nitrogens with one attached hydrogen (secondary N) is 1. The second kappa shape index (κ2) is 8.35. The summed E-state index contributed by atoms with van der Waals surface area (Å²) in [7, 11) is 0. The summed E-state index contributed by atoms with van der Waals surface area (Å²) in [6.07, 6.45) is 5.12. The molecule has 1 atom stereocenters. The molecule has 4 aliphatic heterocycles. The van der Waals surface area contributed by atoms with Crippen LogP contribution in [0.25, 0.3) is 0 Å². The van der Waals surface area contributed by atoms with Crippen LogP contribution in [-0.4, -0.2) is 28.6 Å². The standard InChI is InChI=1S/C31H43N5O/c1-18(26-29(7,8)16-24(37)35-26)21-14-27(3,4)23(34-21)12-20-13-28(5,6)25(33-20)19(2)22-15-30(9,10)31(11,17-32)36-22/h12H,13-16H2,1-11H3,(H,35,37)/b23-12+,25-19-,26-18+. The summed E-state index contributed by atoms with van der Waals surface area (Å²) >= 11 is 0. The van der Waals surface area contributed by atoms with E-state index in [1.807, 2.05) is 6.92 Å². The highest BCUT2D eigenvalue weighted by Gasteiger charge is 2.48. The maximum Gasteiger partial charge on any atom is 0.225 e. The van der Waals surface area contributed by atoms with E-state index < -0.39 is 5.54 Å². The van der Waals surface area contributed by atoms with Gasteiger partial charge in [-0.15, -0.1) is 0 Å². The molecule has 37 heavy (non-hydrogen) atoms. The fourth-order valence-corrected chi connectivity index (χ4v) is 6.16. The van der Waals surface area contributed by atoms with Gasteiger partial charge in [0.2, 0.25) is 5.91 Å². The molecular formula is C31H43N5O. The Bertz CT molecular complexity index is 1300. The molecule has 4 aliphatic rings. The molecule has 0 aromatic heterocycles. The van der Waals surface area contributed by atoms with E-state index in [1.165, 1.54) is 0 Å². The van der Waals surface area contributed by atoms with Gasteiger partial charge in [-0.1, -0.05) is 55.4 Å². The third-order valence-corrected chi connectivity index (χ3v) is 9.02. The van der Waals surface area contributed by atoms with Crippen LogP contribution in [0.5, 0.6) is 0 Å². The molecule has 1 fully saturated rings. The van der Waals surface area contributed by atoms with Gasteiger partial charge in [0.1, 0.15) is 5.54 Å². The molecule has 6 heteroatoms. The van der Waals surface area contributed by atoms with Gasteiger partial charge in [0.05, 0.1) is 11.8 Å². The van der Waals surface area contributed by atoms with Crippen LogP contribution in [0.3, 0.4) is 0 Å². The second-order valence-electron chi connectivity index (χ2n) is 14.2. The normalized spacial score (nSPS) is 33.1. The average Bonchev–Trinajstić information content (AvgIpc) is 3.40. The topological polar surface area (TPSA) is 90.0 Å². The van der Waals surface area contributed by atoms with E-state index in [0.717, 1.165) is 64.6 Å². The Balaban J connectivity index is 1.72. The number of carbonyl (C=O) groups is 1. The van der Waals surface area contributed by atoms with E-state index in [2.05, 4.69) is 86.7 Å². The highest BCUT2D eigenvalue weighted by atomic mass is 16.2. The monoisotopic (exact) mass is 501 g/mol. The van der Waals surface area contributed by atoms with Crippen molar-refractivity contribution in [1.29, 1.82) is 5.26 Å². The summed E-state index contributed by atoms with van der Waals surface area (Å²) in [4.78, 5) is 27.2. The van der Waals surface area contributed by atoms with Crippen LogP contribution in [0, 0.1) is 33.0 Å². The molecule has 0 spiro atoms. The number of hydrogen-bond donors (Lipinski definition) is 1. The summed E-state index contributed by atoms with van der Waals surface area (Å²) in [5, 5.41) is 12.9. The first-order valence-electron chi connectivity index (χ1n) is 13.4. The number of aliphatic imine (C=N–C) groups is 3. The fourth-order valence-electron chi connectivity index (χ4n) is 6.16. The Morgan fingerprint density at radius 2 is 1.49 bits per heavy atom. The lowest BCUT2D eigenvalue weighted by Crippen LogP contribution is -2.34. The van der Waals surface area contributed by atoms with Crippen molar-refractivity contribution in [2.45, 2.75) is 107 Å². The number of hydrogen-bond acceptors (Lipinski definition) is 5. The number of nitrogens with zero attached hydrogens (tertiary/aromatic N) is 4. The molecule has 0 saturated carbocycles. The van der Waals surface area contributed by atoms with Crippen LogP contribution in [0.4, 0.5) is 0 Å². The van der Waals surface area contributed by atoms with Gasteiger partial charge in [0.25, 0.3) is 0 Å². The Labute approximate surface area is 222 Å².